The van der Waals surface area contributed by atoms with Crippen LogP contribution in [0, 0.1) is 0 Å². The third-order valence-electron chi connectivity index (χ3n) is 6.90. The molecular weight excluding hydrogens is 515 g/mol. The molecule has 210 valence electrons. The van der Waals surface area contributed by atoms with Crippen LogP contribution in [0.15, 0.2) is 37.1 Å². The number of rotatable bonds is 7. The Kier molecular flexibility index (Phi) is 8.58. The van der Waals surface area contributed by atoms with Crippen LogP contribution in [-0.2, 0) is 11.0 Å². The van der Waals surface area contributed by atoms with Crippen molar-refractivity contribution in [1.82, 2.24) is 25.1 Å². The van der Waals surface area contributed by atoms with Crippen LogP contribution in [0.3, 0.4) is 0 Å². The summed E-state index contributed by atoms with van der Waals surface area (Å²) >= 11 is 0. The first kappa shape index (κ1) is 28.1. The average Bonchev–Trinajstić information content (AvgIpc) is 2.93. The highest BCUT2D eigenvalue weighted by atomic mass is 19.4. The van der Waals surface area contributed by atoms with Gasteiger partial charge in [-0.1, -0.05) is 6.58 Å². The molecule has 0 radical (unpaired) electrons. The number of benzene rings is 1. The summed E-state index contributed by atoms with van der Waals surface area (Å²) in [6.45, 7) is 6.10. The predicted octanol–water partition coefficient (Wildman–Crippen LogP) is 2.91. The van der Waals surface area contributed by atoms with Gasteiger partial charge in [0.1, 0.15) is 17.1 Å². The number of anilines is 3. The van der Waals surface area contributed by atoms with Gasteiger partial charge in [-0.05, 0) is 57.3 Å². The number of piperidine rings is 1. The Balaban J connectivity index is 1.52. The smallest absolute Gasteiger partial charge is 0.421 e. The summed E-state index contributed by atoms with van der Waals surface area (Å²) in [6.07, 6.45) is -1.01. The highest BCUT2D eigenvalue weighted by Gasteiger charge is 2.37. The number of amides is 2. The number of carbonyl (C=O) groups is 2. The molecule has 2 saturated heterocycles. The van der Waals surface area contributed by atoms with Crippen LogP contribution in [0.25, 0.3) is 0 Å². The van der Waals surface area contributed by atoms with Crippen molar-refractivity contribution in [3.63, 3.8) is 0 Å². The van der Waals surface area contributed by atoms with Crippen molar-refractivity contribution in [2.45, 2.75) is 25.1 Å². The number of nitrogens with one attached hydrogen (secondary N) is 2. The molecule has 0 bridgehead atoms. The summed E-state index contributed by atoms with van der Waals surface area (Å²) < 4.78 is 46.8. The summed E-state index contributed by atoms with van der Waals surface area (Å²) in [7, 11) is 3.48. The van der Waals surface area contributed by atoms with Gasteiger partial charge in [0.2, 0.25) is 11.9 Å². The quantitative estimate of drug-likeness (QED) is 0.511. The first-order valence-electron chi connectivity index (χ1n) is 12.6. The maximum atomic E-state index is 13.8. The number of hydrogen-bond donors (Lipinski definition) is 2. The van der Waals surface area contributed by atoms with E-state index in [0.717, 1.165) is 32.1 Å². The van der Waals surface area contributed by atoms with Gasteiger partial charge in [0, 0.05) is 44.0 Å². The number of aromatic nitrogens is 2. The van der Waals surface area contributed by atoms with Gasteiger partial charge in [0.05, 0.1) is 12.8 Å². The molecule has 2 aliphatic rings. The van der Waals surface area contributed by atoms with Gasteiger partial charge in [-0.3, -0.25) is 9.59 Å². The first-order chi connectivity index (χ1) is 18.6. The maximum absolute atomic E-state index is 13.8. The highest BCUT2D eigenvalue weighted by molar-refractivity contribution is 5.95. The van der Waals surface area contributed by atoms with Crippen molar-refractivity contribution in [3.8, 4) is 5.75 Å². The van der Waals surface area contributed by atoms with Gasteiger partial charge in [0.25, 0.3) is 5.91 Å². The fraction of sp³-hybridized carbons (Fsp3) is 0.462. The molecule has 0 aliphatic carbocycles. The molecule has 2 aliphatic heterocycles. The third kappa shape index (κ3) is 6.77. The van der Waals surface area contributed by atoms with E-state index in [2.05, 4.69) is 32.1 Å². The van der Waals surface area contributed by atoms with E-state index in [0.29, 0.717) is 17.0 Å². The summed E-state index contributed by atoms with van der Waals surface area (Å²) in [5.41, 5.74) is -0.179. The molecule has 4 rings (SSSR count). The van der Waals surface area contributed by atoms with E-state index in [1.165, 1.54) is 23.0 Å². The first-order valence-corrected chi connectivity index (χ1v) is 12.6. The number of carbonyl (C=O) groups excluding carboxylic acids is 2. The van der Waals surface area contributed by atoms with Crippen LogP contribution in [0.5, 0.6) is 5.75 Å². The minimum Gasteiger partial charge on any atom is -0.495 e. The van der Waals surface area contributed by atoms with Gasteiger partial charge in [-0.2, -0.15) is 18.2 Å². The van der Waals surface area contributed by atoms with Crippen LogP contribution in [-0.4, -0.2) is 91.0 Å². The van der Waals surface area contributed by atoms with E-state index in [4.69, 9.17) is 4.74 Å². The maximum Gasteiger partial charge on any atom is 0.421 e. The highest BCUT2D eigenvalue weighted by Crippen LogP contribution is 2.37. The molecule has 2 amide bonds. The molecule has 1 aromatic heterocycles. The molecule has 0 unspecified atom stereocenters. The Hall–Kier alpha value is -3.87. The van der Waals surface area contributed by atoms with Gasteiger partial charge in [-0.15, -0.1) is 0 Å². The zero-order valence-electron chi connectivity index (χ0n) is 21.9. The molecule has 0 atom stereocenters. The summed E-state index contributed by atoms with van der Waals surface area (Å²) in [5.74, 6) is -0.529. The minimum absolute atomic E-state index is 0.0653. The molecule has 2 N–H and O–H groups in total. The fourth-order valence-electron chi connectivity index (χ4n) is 4.62. The monoisotopic (exact) mass is 547 g/mol. The molecule has 0 spiro atoms. The number of likely N-dealkylation sites (tertiary alicyclic amines) is 1. The van der Waals surface area contributed by atoms with Crippen molar-refractivity contribution in [2.24, 2.45) is 0 Å². The number of methoxy groups -OCH3 is 1. The predicted molar refractivity (Wildman–Crippen MR) is 140 cm³/mol. The molecule has 13 heteroatoms. The van der Waals surface area contributed by atoms with E-state index in [9.17, 15) is 22.8 Å². The van der Waals surface area contributed by atoms with Crippen LogP contribution in [0.2, 0.25) is 0 Å². The largest absolute Gasteiger partial charge is 0.495 e. The van der Waals surface area contributed by atoms with Gasteiger partial charge < -0.3 is 30.1 Å². The lowest BCUT2D eigenvalue weighted by Gasteiger charge is -2.35. The summed E-state index contributed by atoms with van der Waals surface area (Å²) in [5, 5.41) is 5.96. The second kappa shape index (κ2) is 11.9. The van der Waals surface area contributed by atoms with E-state index >= 15 is 0 Å². The molecule has 0 saturated carbocycles. The summed E-state index contributed by atoms with van der Waals surface area (Å²) in [4.78, 5) is 38.0. The van der Waals surface area contributed by atoms with Crippen LogP contribution >= 0.6 is 0 Å². The Morgan fingerprint density at radius 1 is 1.13 bits per heavy atom. The fourth-order valence-corrected chi connectivity index (χ4v) is 4.62. The molecule has 10 nitrogen and oxygen atoms in total. The van der Waals surface area contributed by atoms with Crippen LogP contribution in [0.4, 0.5) is 30.6 Å². The van der Waals surface area contributed by atoms with Crippen molar-refractivity contribution >= 4 is 29.3 Å². The normalized spacial score (nSPS) is 17.1. The van der Waals surface area contributed by atoms with Crippen molar-refractivity contribution in [2.75, 3.05) is 63.6 Å². The van der Waals surface area contributed by atoms with Crippen LogP contribution < -0.4 is 20.3 Å². The number of nitrogens with zero attached hydrogens (tertiary/aromatic N) is 5. The zero-order valence-corrected chi connectivity index (χ0v) is 21.9. The number of alkyl halides is 3. The molecule has 2 fully saturated rings. The molecule has 39 heavy (non-hydrogen) atoms. The van der Waals surface area contributed by atoms with E-state index < -0.39 is 11.7 Å². The van der Waals surface area contributed by atoms with Crippen molar-refractivity contribution in [3.05, 3.63) is 48.2 Å². The molecule has 1 aromatic carbocycles. The third-order valence-corrected chi connectivity index (χ3v) is 6.90. The Morgan fingerprint density at radius 2 is 1.82 bits per heavy atom. The second-order valence-corrected chi connectivity index (χ2v) is 9.54. The lowest BCUT2D eigenvalue weighted by atomic mass is 10.0. The number of piperazine rings is 1. The van der Waals surface area contributed by atoms with Crippen molar-refractivity contribution < 1.29 is 27.5 Å². The zero-order chi connectivity index (χ0) is 28.2. The second-order valence-electron chi connectivity index (χ2n) is 9.54. The van der Waals surface area contributed by atoms with E-state index in [1.807, 2.05) is 7.05 Å². The number of halogens is 3. The van der Waals surface area contributed by atoms with E-state index in [-0.39, 0.29) is 55.8 Å². The van der Waals surface area contributed by atoms with Gasteiger partial charge >= 0.3 is 6.18 Å². The lowest BCUT2D eigenvalue weighted by molar-refractivity contribution is -0.137. The Bertz CT molecular complexity index is 1210. The Labute approximate surface area is 224 Å². The Morgan fingerprint density at radius 3 is 2.44 bits per heavy atom. The standard InChI is InChI=1S/C26H32F3N7O3/c1-4-22(37)35-11-13-36(14-12-35)23-19(26(27,28)29)16-30-25(33-23)32-20-6-5-17(15-21(20)39-3)24(38)31-18-7-9-34(2)10-8-18/h4-6,15-16,18H,1,7-14H2,2-3H3,(H,31,38)(H,30,32,33). The minimum atomic E-state index is -4.66. The number of hydrogen-bond acceptors (Lipinski definition) is 8. The van der Waals surface area contributed by atoms with Crippen molar-refractivity contribution in [1.29, 1.82) is 0 Å². The van der Waals surface area contributed by atoms with Gasteiger partial charge in [-0.25, -0.2) is 4.98 Å². The molecule has 2 aromatic rings. The van der Waals surface area contributed by atoms with Crippen LogP contribution in [0.1, 0.15) is 28.8 Å². The average molecular weight is 548 g/mol. The summed E-state index contributed by atoms with van der Waals surface area (Å²) in [6, 6.07) is 4.86. The molecule has 3 heterocycles. The SMILES string of the molecule is C=CC(=O)N1CCN(c2nc(Nc3ccc(C(=O)NC4CCN(C)CC4)cc3OC)ncc2C(F)(F)F)CC1. The van der Waals surface area contributed by atoms with Gasteiger partial charge in [0.15, 0.2) is 0 Å². The number of ether oxygens (including phenoxy) is 1. The molecular formula is C26H32F3N7O3. The van der Waals surface area contributed by atoms with E-state index in [1.54, 1.807) is 18.2 Å². The lowest BCUT2D eigenvalue weighted by Crippen LogP contribution is -2.49. The topological polar surface area (TPSA) is 103 Å².